The van der Waals surface area contributed by atoms with Crippen molar-refractivity contribution in [2.24, 2.45) is 4.99 Å². The Morgan fingerprint density at radius 3 is 2.43 bits per heavy atom. The molecule has 0 saturated heterocycles. The largest absolute Gasteiger partial charge is 0.497 e. The second-order valence-electron chi connectivity index (χ2n) is 8.90. The van der Waals surface area contributed by atoms with Crippen LogP contribution < -0.4 is 24.4 Å². The van der Waals surface area contributed by atoms with Crippen LogP contribution in [0.2, 0.25) is 0 Å². The molecule has 186 valence electrons. The molecule has 0 N–H and O–H groups in total. The number of benzene rings is 3. The summed E-state index contributed by atoms with van der Waals surface area (Å²) in [5.74, 6) is 1.65. The molecule has 4 aromatic rings. The average Bonchev–Trinajstić information content (AvgIpc) is 3.21. The van der Waals surface area contributed by atoms with Crippen LogP contribution in [0.25, 0.3) is 11.8 Å². The monoisotopic (exact) mass is 732 g/mol. The predicted octanol–water partition coefficient (Wildman–Crippen LogP) is 5.55. The fourth-order valence-corrected chi connectivity index (χ4v) is 8.38. The highest BCUT2D eigenvalue weighted by Crippen LogP contribution is 2.41. The van der Waals surface area contributed by atoms with Gasteiger partial charge in [-0.1, -0.05) is 47.7 Å². The van der Waals surface area contributed by atoms with Crippen LogP contribution in [0.15, 0.2) is 76.0 Å². The van der Waals surface area contributed by atoms with Crippen LogP contribution in [-0.2, 0) is 6.42 Å². The third-order valence-corrected chi connectivity index (χ3v) is 9.41. The zero-order valence-corrected chi connectivity index (χ0v) is 25.3. The fraction of sp³-hybridized carbons (Fsp3) is 0.172. The highest BCUT2D eigenvalue weighted by molar-refractivity contribution is 14.1. The Morgan fingerprint density at radius 2 is 1.73 bits per heavy atom. The summed E-state index contributed by atoms with van der Waals surface area (Å²) in [5, 5.41) is 0. The van der Waals surface area contributed by atoms with Crippen LogP contribution in [0, 0.1) is 7.14 Å². The van der Waals surface area contributed by atoms with Gasteiger partial charge in [0.15, 0.2) is 4.80 Å². The number of hydrogen-bond acceptors (Lipinski definition) is 5. The van der Waals surface area contributed by atoms with Gasteiger partial charge in [0.1, 0.15) is 11.5 Å². The van der Waals surface area contributed by atoms with Crippen LogP contribution >= 0.6 is 56.5 Å². The summed E-state index contributed by atoms with van der Waals surface area (Å²) in [7, 11) is 3.34. The van der Waals surface area contributed by atoms with Crippen molar-refractivity contribution in [3.05, 3.63) is 115 Å². The molecule has 0 amide bonds. The first kappa shape index (κ1) is 24.9. The number of aromatic nitrogens is 1. The van der Waals surface area contributed by atoms with E-state index in [1.807, 2.05) is 34.9 Å². The first-order chi connectivity index (χ1) is 18.0. The number of halogens is 2. The normalized spacial score (nSPS) is 16.5. The van der Waals surface area contributed by atoms with E-state index in [0.717, 1.165) is 53.1 Å². The van der Waals surface area contributed by atoms with Crippen molar-refractivity contribution in [2.75, 3.05) is 14.2 Å². The Morgan fingerprint density at radius 1 is 1.00 bits per heavy atom. The molecule has 2 aliphatic rings. The first-order valence-electron chi connectivity index (χ1n) is 11.8. The molecule has 5 nitrogen and oxygen atoms in total. The van der Waals surface area contributed by atoms with E-state index in [2.05, 4.69) is 81.6 Å². The highest BCUT2D eigenvalue weighted by Gasteiger charge is 2.32. The van der Waals surface area contributed by atoms with Crippen molar-refractivity contribution < 1.29 is 9.47 Å². The molecule has 1 aromatic heterocycles. The first-order valence-corrected chi connectivity index (χ1v) is 14.8. The Labute approximate surface area is 245 Å². The van der Waals surface area contributed by atoms with E-state index in [9.17, 15) is 4.79 Å². The summed E-state index contributed by atoms with van der Waals surface area (Å²) in [6, 6.07) is 20.4. The summed E-state index contributed by atoms with van der Waals surface area (Å²) >= 11 is 6.00. The molecule has 8 heteroatoms. The highest BCUT2D eigenvalue weighted by atomic mass is 127. The van der Waals surface area contributed by atoms with E-state index < -0.39 is 0 Å². The second kappa shape index (κ2) is 10.0. The fourth-order valence-electron chi connectivity index (χ4n) is 5.12. The standard InChI is InChI=1S/C29H22I2N2O3S/c1-35-19-10-7-18(8-11-19)26-21-12-9-17-5-3-4-6-20(17)25(21)32-29-33(26)28(34)24(37-29)15-16-13-22(30)27(36-2)23(31)14-16/h3-8,10-11,13-15,26H,9,12H2,1-2H3/b24-15+/t26-/m0/s1. The van der Waals surface area contributed by atoms with E-state index in [-0.39, 0.29) is 11.6 Å². The number of ether oxygens (including phenoxy) is 2. The zero-order valence-electron chi connectivity index (χ0n) is 20.1. The van der Waals surface area contributed by atoms with Crippen LogP contribution in [0.3, 0.4) is 0 Å². The van der Waals surface area contributed by atoms with Gasteiger partial charge in [-0.25, -0.2) is 4.99 Å². The molecule has 0 fully saturated rings. The van der Waals surface area contributed by atoms with E-state index in [0.29, 0.717) is 4.53 Å². The number of aryl methyl sites for hydroxylation is 1. The molecular formula is C29H22I2N2O3S. The number of nitrogens with zero attached hydrogens (tertiary/aromatic N) is 2. The molecular weight excluding hydrogens is 710 g/mol. The summed E-state index contributed by atoms with van der Waals surface area (Å²) in [5.41, 5.74) is 6.68. The Bertz CT molecular complexity index is 1730. The molecule has 6 rings (SSSR count). The maximum absolute atomic E-state index is 13.9. The Kier molecular flexibility index (Phi) is 6.74. The van der Waals surface area contributed by atoms with Gasteiger partial charge in [-0.15, -0.1) is 0 Å². The summed E-state index contributed by atoms with van der Waals surface area (Å²) in [6.45, 7) is 0. The molecule has 0 saturated carbocycles. The predicted molar refractivity (Wildman–Crippen MR) is 164 cm³/mol. The third kappa shape index (κ3) is 4.36. The van der Waals surface area contributed by atoms with Gasteiger partial charge in [0.05, 0.1) is 37.6 Å². The van der Waals surface area contributed by atoms with Gasteiger partial charge in [-0.2, -0.15) is 0 Å². The Hall–Kier alpha value is -2.44. The quantitative estimate of drug-likeness (QED) is 0.259. The van der Waals surface area contributed by atoms with Crippen molar-refractivity contribution in [2.45, 2.75) is 18.9 Å². The van der Waals surface area contributed by atoms with Crippen molar-refractivity contribution in [3.63, 3.8) is 0 Å². The van der Waals surface area contributed by atoms with Gasteiger partial charge in [-0.05, 0) is 111 Å². The van der Waals surface area contributed by atoms with Crippen LogP contribution in [-0.4, -0.2) is 18.8 Å². The number of hydrogen-bond donors (Lipinski definition) is 0. The summed E-state index contributed by atoms with van der Waals surface area (Å²) in [6.07, 6.45) is 3.77. The zero-order chi connectivity index (χ0) is 25.7. The van der Waals surface area contributed by atoms with E-state index in [4.69, 9.17) is 14.5 Å². The van der Waals surface area contributed by atoms with Crippen molar-refractivity contribution >= 4 is 68.3 Å². The number of rotatable bonds is 4. The lowest BCUT2D eigenvalue weighted by atomic mass is 9.83. The van der Waals surface area contributed by atoms with E-state index >= 15 is 0 Å². The van der Waals surface area contributed by atoms with Crippen molar-refractivity contribution in [1.29, 1.82) is 0 Å². The SMILES string of the molecule is COc1ccc([C@H]2C3=C(N=c4s/c(=C/c5cc(I)c(OC)c(I)c5)c(=O)n42)c2ccccc2CC3)cc1. The average molecular weight is 732 g/mol. The smallest absolute Gasteiger partial charge is 0.271 e. The van der Waals surface area contributed by atoms with Crippen LogP contribution in [0.1, 0.15) is 34.7 Å². The van der Waals surface area contributed by atoms with Crippen LogP contribution in [0.4, 0.5) is 0 Å². The molecule has 2 heterocycles. The van der Waals surface area contributed by atoms with Crippen LogP contribution in [0.5, 0.6) is 11.5 Å². The lowest BCUT2D eigenvalue weighted by Gasteiger charge is -2.30. The number of allylic oxidation sites excluding steroid dienone is 1. The third-order valence-electron chi connectivity index (χ3n) is 6.83. The van der Waals surface area contributed by atoms with Gasteiger partial charge in [0.25, 0.3) is 5.56 Å². The Balaban J connectivity index is 1.59. The lowest BCUT2D eigenvalue weighted by Crippen LogP contribution is -2.38. The summed E-state index contributed by atoms with van der Waals surface area (Å²) < 4.78 is 15.5. The minimum atomic E-state index is -0.205. The molecule has 0 spiro atoms. The topological polar surface area (TPSA) is 52.8 Å². The van der Waals surface area contributed by atoms with Gasteiger partial charge < -0.3 is 9.47 Å². The van der Waals surface area contributed by atoms with Gasteiger partial charge >= 0.3 is 0 Å². The molecule has 1 aliphatic carbocycles. The molecule has 3 aromatic carbocycles. The van der Waals surface area contributed by atoms with E-state index in [1.165, 1.54) is 28.0 Å². The minimum Gasteiger partial charge on any atom is -0.497 e. The van der Waals surface area contributed by atoms with E-state index in [1.54, 1.807) is 14.2 Å². The minimum absolute atomic E-state index is 0.0178. The van der Waals surface area contributed by atoms with Gasteiger partial charge in [0.2, 0.25) is 0 Å². The molecule has 1 atom stereocenters. The number of fused-ring (bicyclic) bond motifs is 3. The maximum Gasteiger partial charge on any atom is 0.271 e. The number of methoxy groups -OCH3 is 2. The molecule has 0 unspecified atom stereocenters. The van der Waals surface area contributed by atoms with Crippen molar-refractivity contribution in [1.82, 2.24) is 4.57 Å². The molecule has 0 radical (unpaired) electrons. The molecule has 0 bridgehead atoms. The van der Waals surface area contributed by atoms with Gasteiger partial charge in [0, 0.05) is 5.56 Å². The molecule has 1 aliphatic heterocycles. The maximum atomic E-state index is 13.9. The summed E-state index contributed by atoms with van der Waals surface area (Å²) in [4.78, 5) is 19.8. The second-order valence-corrected chi connectivity index (χ2v) is 12.2. The number of thiazole rings is 1. The lowest BCUT2D eigenvalue weighted by molar-refractivity contribution is 0.409. The van der Waals surface area contributed by atoms with Gasteiger partial charge in [-0.3, -0.25) is 9.36 Å². The molecule has 37 heavy (non-hydrogen) atoms. The van der Waals surface area contributed by atoms with Crippen molar-refractivity contribution in [3.8, 4) is 11.5 Å².